The molecule has 0 aromatic carbocycles. The molecule has 0 aliphatic carbocycles. The fraction of sp³-hybridized carbons (Fsp3) is 0.412. The monoisotopic (exact) mass is 448 g/mol. The molecule has 0 spiro atoms. The van der Waals surface area contributed by atoms with Crippen molar-refractivity contribution < 1.29 is 31.4 Å². The Hall–Kier alpha value is -2.11. The van der Waals surface area contributed by atoms with Gasteiger partial charge in [-0.1, -0.05) is 19.0 Å². The Kier molecular flexibility index (Phi) is 12.5. The molecule has 166 valence electrons. The minimum atomic E-state index is -4.36. The summed E-state index contributed by atoms with van der Waals surface area (Å²) in [4.78, 5) is 7.34. The topological polar surface area (TPSA) is 84.1 Å². The average Bonchev–Trinajstić information content (AvgIpc) is 2.53. The van der Waals surface area contributed by atoms with Crippen molar-refractivity contribution in [2.45, 2.75) is 40.6 Å². The van der Waals surface area contributed by atoms with Crippen molar-refractivity contribution >= 4 is 17.4 Å². The molecule has 0 fully saturated rings. The first-order valence-electron chi connectivity index (χ1n) is 7.59. The van der Waals surface area contributed by atoms with Crippen LogP contribution in [-0.4, -0.2) is 21.7 Å². The molecule has 0 saturated carbocycles. The van der Waals surface area contributed by atoms with Gasteiger partial charge in [-0.05, 0) is 45.0 Å². The standard InChI is InChI=1S/C7H5ClF3N.C7H8F3N3.C2H6O.CH4/c1-4-2-5(7(9,10)11)3-6(8)12-4;1-4-2-5(7(8,9)10)3-6(12-4)13-11;1-2-3;/h2-3H,1H3;2-3H,11H2,1H3,(H,12,13);3H,2H2,1H3;1H4. The van der Waals surface area contributed by atoms with Crippen LogP contribution in [-0.2, 0) is 12.4 Å². The Morgan fingerprint density at radius 1 is 0.931 bits per heavy atom. The van der Waals surface area contributed by atoms with Crippen LogP contribution in [0.4, 0.5) is 32.2 Å². The third-order valence-corrected chi connectivity index (χ3v) is 2.87. The number of nitrogens with two attached hydrogens (primary N) is 1. The zero-order chi connectivity index (χ0) is 22.1. The highest BCUT2D eigenvalue weighted by atomic mass is 35.5. The highest BCUT2D eigenvalue weighted by Crippen LogP contribution is 2.31. The summed E-state index contributed by atoms with van der Waals surface area (Å²) in [6, 6.07) is 3.56. The summed E-state index contributed by atoms with van der Waals surface area (Å²) in [5, 5.41) is 7.43. The second-order valence-electron chi connectivity index (χ2n) is 5.16. The predicted octanol–water partition coefficient (Wildman–Crippen LogP) is 5.39. The summed E-state index contributed by atoms with van der Waals surface area (Å²) in [5.41, 5.74) is 1.07. The lowest BCUT2D eigenvalue weighted by atomic mass is 10.2. The number of hydrogen-bond donors (Lipinski definition) is 3. The number of pyridine rings is 2. The minimum absolute atomic E-state index is 0. The number of hydrogen-bond acceptors (Lipinski definition) is 5. The average molecular weight is 449 g/mol. The zero-order valence-electron chi connectivity index (χ0n) is 15.1. The van der Waals surface area contributed by atoms with E-state index in [1.807, 2.05) is 0 Å². The molecule has 29 heavy (non-hydrogen) atoms. The quantitative estimate of drug-likeness (QED) is 0.236. The van der Waals surface area contributed by atoms with Gasteiger partial charge in [0.1, 0.15) is 11.0 Å². The molecule has 0 saturated heterocycles. The number of hydrazine groups is 1. The summed E-state index contributed by atoms with van der Waals surface area (Å²) >= 11 is 5.35. The zero-order valence-corrected chi connectivity index (χ0v) is 15.8. The van der Waals surface area contributed by atoms with Crippen LogP contribution >= 0.6 is 11.6 Å². The molecule has 2 aromatic heterocycles. The van der Waals surface area contributed by atoms with E-state index in [9.17, 15) is 26.3 Å². The van der Waals surface area contributed by atoms with Crippen molar-refractivity contribution in [1.82, 2.24) is 9.97 Å². The van der Waals surface area contributed by atoms with Gasteiger partial charge in [-0.3, -0.25) is 0 Å². The molecule has 0 atom stereocenters. The third-order valence-electron chi connectivity index (χ3n) is 2.68. The maximum atomic E-state index is 12.2. The van der Waals surface area contributed by atoms with Gasteiger partial charge in [-0.2, -0.15) is 26.3 Å². The van der Waals surface area contributed by atoms with E-state index in [1.54, 1.807) is 6.92 Å². The predicted molar refractivity (Wildman–Crippen MR) is 100 cm³/mol. The highest BCUT2D eigenvalue weighted by Gasteiger charge is 2.31. The summed E-state index contributed by atoms with van der Waals surface area (Å²) in [6.45, 7) is 4.86. The molecular formula is C17H23ClF6N4O. The lowest BCUT2D eigenvalue weighted by molar-refractivity contribution is -0.138. The number of aromatic nitrogens is 2. The van der Waals surface area contributed by atoms with Gasteiger partial charge >= 0.3 is 12.4 Å². The first kappa shape index (κ1) is 29.1. The van der Waals surface area contributed by atoms with Crippen molar-refractivity contribution in [2.24, 2.45) is 5.84 Å². The van der Waals surface area contributed by atoms with Crippen LogP contribution < -0.4 is 11.3 Å². The minimum Gasteiger partial charge on any atom is -0.397 e. The lowest BCUT2D eigenvalue weighted by Gasteiger charge is -2.08. The Balaban J connectivity index is 0. The molecule has 2 aromatic rings. The van der Waals surface area contributed by atoms with E-state index < -0.39 is 23.5 Å². The number of aliphatic hydroxyl groups excluding tert-OH is 1. The molecule has 0 aliphatic rings. The number of halogens is 7. The third kappa shape index (κ3) is 11.5. The number of nitrogen functional groups attached to an aromatic ring is 1. The Bertz CT molecular complexity index is 733. The number of alkyl halides is 6. The smallest absolute Gasteiger partial charge is 0.397 e. The summed E-state index contributed by atoms with van der Waals surface area (Å²) in [5.74, 6) is 4.96. The van der Waals surface area contributed by atoms with Crippen LogP contribution in [0.3, 0.4) is 0 Å². The van der Waals surface area contributed by atoms with E-state index >= 15 is 0 Å². The lowest BCUT2D eigenvalue weighted by Crippen LogP contribution is -2.12. The number of aryl methyl sites for hydroxylation is 2. The molecule has 0 radical (unpaired) electrons. The first-order valence-corrected chi connectivity index (χ1v) is 7.97. The molecule has 0 bridgehead atoms. The van der Waals surface area contributed by atoms with Crippen LogP contribution in [0.2, 0.25) is 5.15 Å². The fourth-order valence-corrected chi connectivity index (χ4v) is 1.95. The fourth-order valence-electron chi connectivity index (χ4n) is 1.70. The largest absolute Gasteiger partial charge is 0.416 e. The van der Waals surface area contributed by atoms with Crippen molar-refractivity contribution in [3.63, 3.8) is 0 Å². The maximum absolute atomic E-state index is 12.2. The van der Waals surface area contributed by atoms with Crippen molar-refractivity contribution in [3.05, 3.63) is 51.9 Å². The van der Waals surface area contributed by atoms with Gasteiger partial charge in [-0.15, -0.1) is 0 Å². The van der Waals surface area contributed by atoms with Crippen molar-refractivity contribution in [3.8, 4) is 0 Å². The molecule has 4 N–H and O–H groups in total. The Labute approximate surface area is 169 Å². The highest BCUT2D eigenvalue weighted by molar-refractivity contribution is 6.29. The van der Waals surface area contributed by atoms with Crippen LogP contribution in [0.5, 0.6) is 0 Å². The number of nitrogens with zero attached hydrogens (tertiary/aromatic N) is 2. The molecule has 12 heteroatoms. The molecular weight excluding hydrogens is 426 g/mol. The number of anilines is 1. The second-order valence-corrected chi connectivity index (χ2v) is 5.55. The van der Waals surface area contributed by atoms with Gasteiger partial charge in [-0.25, -0.2) is 15.8 Å². The first-order chi connectivity index (χ1) is 12.7. The van der Waals surface area contributed by atoms with Crippen molar-refractivity contribution in [1.29, 1.82) is 0 Å². The molecule has 0 aliphatic heterocycles. The van der Waals surface area contributed by atoms with Crippen LogP contribution in [0.15, 0.2) is 24.3 Å². The van der Waals surface area contributed by atoms with Gasteiger partial charge in [0.15, 0.2) is 0 Å². The van der Waals surface area contributed by atoms with Gasteiger partial charge in [0.2, 0.25) is 0 Å². The number of nitrogens with one attached hydrogen (secondary N) is 1. The van der Waals surface area contributed by atoms with Gasteiger partial charge < -0.3 is 10.5 Å². The molecule has 5 nitrogen and oxygen atoms in total. The van der Waals surface area contributed by atoms with E-state index in [-0.39, 0.29) is 36.4 Å². The molecule has 2 heterocycles. The summed E-state index contributed by atoms with van der Waals surface area (Å²) in [6.07, 6.45) is -8.71. The summed E-state index contributed by atoms with van der Waals surface area (Å²) < 4.78 is 72.7. The van der Waals surface area contributed by atoms with Crippen LogP contribution in [0.25, 0.3) is 0 Å². The van der Waals surface area contributed by atoms with E-state index in [1.165, 1.54) is 13.8 Å². The van der Waals surface area contributed by atoms with Crippen LogP contribution in [0.1, 0.15) is 36.9 Å². The maximum Gasteiger partial charge on any atom is 0.416 e. The molecule has 0 amide bonds. The van der Waals surface area contributed by atoms with E-state index in [0.717, 1.165) is 24.3 Å². The SMILES string of the molecule is C.CCO.Cc1cc(C(F)(F)F)cc(Cl)n1.Cc1cc(C(F)(F)F)cc(NN)n1. The van der Waals surface area contributed by atoms with Crippen LogP contribution in [0, 0.1) is 13.8 Å². The number of aliphatic hydroxyl groups is 1. The van der Waals surface area contributed by atoms with Gasteiger partial charge in [0.05, 0.1) is 11.1 Å². The van der Waals surface area contributed by atoms with Crippen molar-refractivity contribution in [2.75, 3.05) is 12.0 Å². The summed E-state index contributed by atoms with van der Waals surface area (Å²) in [7, 11) is 0. The molecule has 2 rings (SSSR count). The Morgan fingerprint density at radius 3 is 1.66 bits per heavy atom. The molecule has 0 unspecified atom stereocenters. The van der Waals surface area contributed by atoms with Gasteiger partial charge in [0.25, 0.3) is 0 Å². The normalized spacial score (nSPS) is 10.6. The van der Waals surface area contributed by atoms with Gasteiger partial charge in [0, 0.05) is 18.0 Å². The number of rotatable bonds is 1. The van der Waals surface area contributed by atoms with E-state index in [4.69, 9.17) is 22.6 Å². The van der Waals surface area contributed by atoms with E-state index in [2.05, 4.69) is 15.4 Å². The van der Waals surface area contributed by atoms with E-state index in [0.29, 0.717) is 0 Å². The Morgan fingerprint density at radius 2 is 1.31 bits per heavy atom. The second kappa shape index (κ2) is 12.5.